The summed E-state index contributed by atoms with van der Waals surface area (Å²) in [5, 5.41) is 13.2. The number of amides is 2. The van der Waals surface area contributed by atoms with Gasteiger partial charge in [0.15, 0.2) is 5.13 Å². The number of carbonyl (C=O) groups is 2. The molecule has 1 aromatic heterocycles. The van der Waals surface area contributed by atoms with Crippen molar-refractivity contribution in [3.05, 3.63) is 11.1 Å². The minimum Gasteiger partial charge on any atom is -0.481 e. The molecule has 0 spiro atoms. The maximum absolute atomic E-state index is 12.4. The summed E-state index contributed by atoms with van der Waals surface area (Å²) in [6.45, 7) is 5.11. The first-order valence-electron chi connectivity index (χ1n) is 9.04. The lowest BCUT2D eigenvalue weighted by Crippen LogP contribution is -2.54. The predicted octanol–water partition coefficient (Wildman–Crippen LogP) is 2.18. The lowest BCUT2D eigenvalue weighted by atomic mass is 9.86. The Morgan fingerprint density at radius 3 is 2.48 bits per heavy atom. The number of nitrogens with zero attached hydrogens (tertiary/aromatic N) is 3. The standard InChI is InChI=1S/C17H26N4O3S/c1-2-14-11-18-17(25-14)21-9-7-20(8-10-21)16(24)19-13-5-3-12(4-6-13)15(22)23/h11-13H,2-10H2,1H3,(H,19,24)(H,22,23). The van der Waals surface area contributed by atoms with Gasteiger partial charge in [0.05, 0.1) is 5.92 Å². The summed E-state index contributed by atoms with van der Waals surface area (Å²) in [7, 11) is 0. The van der Waals surface area contributed by atoms with Crippen molar-refractivity contribution in [2.45, 2.75) is 45.1 Å². The lowest BCUT2D eigenvalue weighted by Gasteiger charge is -2.36. The molecule has 0 atom stereocenters. The molecule has 1 aromatic rings. The van der Waals surface area contributed by atoms with Crippen LogP contribution in [0.4, 0.5) is 9.93 Å². The lowest BCUT2D eigenvalue weighted by molar-refractivity contribution is -0.142. The van der Waals surface area contributed by atoms with E-state index >= 15 is 0 Å². The van der Waals surface area contributed by atoms with Gasteiger partial charge in [-0.25, -0.2) is 9.78 Å². The van der Waals surface area contributed by atoms with Crippen LogP contribution in [-0.2, 0) is 11.2 Å². The highest BCUT2D eigenvalue weighted by Crippen LogP contribution is 2.25. The Morgan fingerprint density at radius 1 is 1.24 bits per heavy atom. The molecule has 8 heteroatoms. The summed E-state index contributed by atoms with van der Waals surface area (Å²) in [5.41, 5.74) is 0. The van der Waals surface area contributed by atoms with E-state index in [1.54, 1.807) is 11.3 Å². The SMILES string of the molecule is CCc1cnc(N2CCN(C(=O)NC3CCC(C(=O)O)CC3)CC2)s1. The zero-order valence-corrected chi connectivity index (χ0v) is 15.4. The van der Waals surface area contributed by atoms with Crippen LogP contribution in [0.2, 0.25) is 0 Å². The molecule has 2 heterocycles. The van der Waals surface area contributed by atoms with Gasteiger partial charge >= 0.3 is 12.0 Å². The second-order valence-electron chi connectivity index (χ2n) is 6.77. The van der Waals surface area contributed by atoms with E-state index in [0.717, 1.165) is 37.5 Å². The molecular weight excluding hydrogens is 340 g/mol. The first-order chi connectivity index (χ1) is 12.1. The van der Waals surface area contributed by atoms with E-state index < -0.39 is 5.97 Å². The van der Waals surface area contributed by atoms with E-state index in [4.69, 9.17) is 5.11 Å². The number of hydrogen-bond donors (Lipinski definition) is 2. The molecule has 2 amide bonds. The van der Waals surface area contributed by atoms with Crippen LogP contribution in [-0.4, -0.2) is 59.2 Å². The zero-order valence-electron chi connectivity index (χ0n) is 14.6. The van der Waals surface area contributed by atoms with Gasteiger partial charge in [-0.3, -0.25) is 4.79 Å². The molecule has 25 heavy (non-hydrogen) atoms. The van der Waals surface area contributed by atoms with Gasteiger partial charge in [0.25, 0.3) is 0 Å². The molecule has 1 saturated heterocycles. The van der Waals surface area contributed by atoms with Crippen molar-refractivity contribution in [2.24, 2.45) is 5.92 Å². The molecule has 138 valence electrons. The van der Waals surface area contributed by atoms with Crippen LogP contribution in [0.3, 0.4) is 0 Å². The summed E-state index contributed by atoms with van der Waals surface area (Å²) in [6.07, 6.45) is 5.75. The highest BCUT2D eigenvalue weighted by Gasteiger charge is 2.29. The largest absolute Gasteiger partial charge is 0.481 e. The van der Waals surface area contributed by atoms with E-state index in [2.05, 4.69) is 22.1 Å². The van der Waals surface area contributed by atoms with E-state index in [0.29, 0.717) is 25.9 Å². The predicted molar refractivity (Wildman–Crippen MR) is 97.2 cm³/mol. The molecule has 3 rings (SSSR count). The maximum atomic E-state index is 12.4. The maximum Gasteiger partial charge on any atom is 0.317 e. The van der Waals surface area contributed by atoms with Crippen molar-refractivity contribution in [3.8, 4) is 0 Å². The van der Waals surface area contributed by atoms with Crippen molar-refractivity contribution in [1.82, 2.24) is 15.2 Å². The molecule has 2 fully saturated rings. The Morgan fingerprint density at radius 2 is 1.92 bits per heavy atom. The average molecular weight is 366 g/mol. The highest BCUT2D eigenvalue weighted by molar-refractivity contribution is 7.15. The third kappa shape index (κ3) is 4.42. The number of carboxylic acids is 1. The Hall–Kier alpha value is -1.83. The topological polar surface area (TPSA) is 85.8 Å². The number of aliphatic carboxylic acids is 1. The monoisotopic (exact) mass is 366 g/mol. The summed E-state index contributed by atoms with van der Waals surface area (Å²) in [6, 6.07) is 0.0824. The molecule has 2 aliphatic rings. The van der Waals surface area contributed by atoms with Crippen LogP contribution in [0, 0.1) is 5.92 Å². The third-order valence-electron chi connectivity index (χ3n) is 5.13. The van der Waals surface area contributed by atoms with Gasteiger partial charge in [-0.15, -0.1) is 11.3 Å². The third-order valence-corrected chi connectivity index (χ3v) is 6.33. The molecule has 2 N–H and O–H groups in total. The number of carboxylic acid groups (broad SMARTS) is 1. The Bertz CT molecular complexity index is 605. The number of carbonyl (C=O) groups excluding carboxylic acids is 1. The molecule has 7 nitrogen and oxygen atoms in total. The smallest absolute Gasteiger partial charge is 0.317 e. The number of piperazine rings is 1. The van der Waals surface area contributed by atoms with Crippen molar-refractivity contribution in [2.75, 3.05) is 31.1 Å². The van der Waals surface area contributed by atoms with Gasteiger partial charge < -0.3 is 20.2 Å². The summed E-state index contributed by atoms with van der Waals surface area (Å²) in [5.74, 6) is -0.961. The highest BCUT2D eigenvalue weighted by atomic mass is 32.1. The number of thiazole rings is 1. The van der Waals surface area contributed by atoms with Crippen LogP contribution in [0.25, 0.3) is 0 Å². The fourth-order valence-corrected chi connectivity index (χ4v) is 4.36. The molecule has 1 aliphatic carbocycles. The number of aryl methyl sites for hydroxylation is 1. The van der Waals surface area contributed by atoms with Gasteiger partial charge in [0, 0.05) is 43.3 Å². The molecule has 0 radical (unpaired) electrons. The van der Waals surface area contributed by atoms with Gasteiger partial charge in [-0.2, -0.15) is 0 Å². The van der Waals surface area contributed by atoms with Crippen molar-refractivity contribution < 1.29 is 14.7 Å². The normalized spacial score (nSPS) is 24.2. The van der Waals surface area contributed by atoms with Crippen molar-refractivity contribution in [3.63, 3.8) is 0 Å². The van der Waals surface area contributed by atoms with E-state index in [1.807, 2.05) is 11.1 Å². The molecule has 1 aliphatic heterocycles. The van der Waals surface area contributed by atoms with Crippen LogP contribution < -0.4 is 10.2 Å². The average Bonchev–Trinajstić information content (AvgIpc) is 3.11. The van der Waals surface area contributed by atoms with Gasteiger partial charge in [-0.1, -0.05) is 6.92 Å². The van der Waals surface area contributed by atoms with Crippen LogP contribution in [0.5, 0.6) is 0 Å². The minimum absolute atomic E-state index is 0.0215. The number of aromatic nitrogens is 1. The minimum atomic E-state index is -0.714. The summed E-state index contributed by atoms with van der Waals surface area (Å²) in [4.78, 5) is 33.3. The number of urea groups is 1. The summed E-state index contributed by atoms with van der Waals surface area (Å²) >= 11 is 1.73. The Labute approximate surface area is 152 Å². The first-order valence-corrected chi connectivity index (χ1v) is 9.86. The molecule has 0 unspecified atom stereocenters. The van der Waals surface area contributed by atoms with Crippen molar-refractivity contribution >= 4 is 28.5 Å². The first kappa shape index (κ1) is 18.0. The quantitative estimate of drug-likeness (QED) is 0.853. The Kier molecular flexibility index (Phi) is 5.78. The number of rotatable bonds is 4. The van der Waals surface area contributed by atoms with Gasteiger partial charge in [0.1, 0.15) is 0 Å². The molecule has 1 saturated carbocycles. The number of hydrogen-bond acceptors (Lipinski definition) is 5. The van der Waals surface area contributed by atoms with E-state index in [9.17, 15) is 9.59 Å². The van der Waals surface area contributed by atoms with Gasteiger partial charge in [0.2, 0.25) is 0 Å². The van der Waals surface area contributed by atoms with E-state index in [-0.39, 0.29) is 18.0 Å². The molecular formula is C17H26N4O3S. The zero-order chi connectivity index (χ0) is 17.8. The van der Waals surface area contributed by atoms with Crippen LogP contribution in [0.15, 0.2) is 6.20 Å². The second-order valence-corrected chi connectivity index (χ2v) is 7.87. The van der Waals surface area contributed by atoms with Gasteiger partial charge in [-0.05, 0) is 32.1 Å². The number of anilines is 1. The fourth-order valence-electron chi connectivity index (χ4n) is 3.46. The second kappa shape index (κ2) is 8.03. The van der Waals surface area contributed by atoms with Crippen LogP contribution >= 0.6 is 11.3 Å². The summed E-state index contributed by atoms with van der Waals surface area (Å²) < 4.78 is 0. The molecule has 0 aromatic carbocycles. The fraction of sp³-hybridized carbons (Fsp3) is 0.706. The van der Waals surface area contributed by atoms with E-state index in [1.165, 1.54) is 4.88 Å². The van der Waals surface area contributed by atoms with Crippen molar-refractivity contribution in [1.29, 1.82) is 0 Å². The van der Waals surface area contributed by atoms with Crippen LogP contribution in [0.1, 0.15) is 37.5 Å². The molecule has 0 bridgehead atoms. The number of nitrogens with one attached hydrogen (secondary N) is 1. The Balaban J connectivity index is 1.43.